The number of ether oxygens (including phenoxy) is 2. The van der Waals surface area contributed by atoms with Crippen LogP contribution in [0.2, 0.25) is 0 Å². The fourth-order valence-electron chi connectivity index (χ4n) is 1.35. The minimum atomic E-state index is -0.440. The molecule has 0 bridgehead atoms. The Morgan fingerprint density at radius 2 is 1.76 bits per heavy atom. The van der Waals surface area contributed by atoms with Crippen LogP contribution in [0.1, 0.15) is 0 Å². The molecule has 0 radical (unpaired) electrons. The zero-order valence-corrected chi connectivity index (χ0v) is 9.10. The second kappa shape index (κ2) is 5.16. The zero-order valence-electron chi connectivity index (χ0n) is 9.10. The van der Waals surface area contributed by atoms with E-state index in [0.717, 1.165) is 0 Å². The van der Waals surface area contributed by atoms with Gasteiger partial charge in [-0.15, -0.1) is 0 Å². The molecule has 2 rings (SSSR count). The van der Waals surface area contributed by atoms with Gasteiger partial charge in [0.1, 0.15) is 11.5 Å². The lowest BCUT2D eigenvalue weighted by atomic mass is 10.3. The highest BCUT2D eigenvalue weighted by molar-refractivity contribution is 5.38. The molecule has 0 atom stereocenters. The number of rotatable bonds is 4. The summed E-state index contributed by atoms with van der Waals surface area (Å²) in [5.41, 5.74) is 0. The summed E-state index contributed by atoms with van der Waals surface area (Å²) in [5, 5.41) is 0. The normalized spacial score (nSPS) is 9.71. The molecule has 17 heavy (non-hydrogen) atoms. The third kappa shape index (κ3) is 2.84. The van der Waals surface area contributed by atoms with Crippen molar-refractivity contribution in [3.8, 4) is 17.2 Å². The first kappa shape index (κ1) is 11.2. The van der Waals surface area contributed by atoms with Crippen molar-refractivity contribution in [3.05, 3.63) is 67.2 Å². The number of para-hydroxylation sites is 1. The molecular formula is C14H11FO2. The van der Waals surface area contributed by atoms with Gasteiger partial charge in [0.05, 0.1) is 6.26 Å². The van der Waals surface area contributed by atoms with E-state index in [1.165, 1.54) is 24.5 Å². The Balaban J connectivity index is 2.25. The predicted molar refractivity (Wildman–Crippen MR) is 63.7 cm³/mol. The lowest BCUT2D eigenvalue weighted by Crippen LogP contribution is -1.89. The summed E-state index contributed by atoms with van der Waals surface area (Å²) in [4.78, 5) is 0. The topological polar surface area (TPSA) is 18.5 Å². The van der Waals surface area contributed by atoms with Gasteiger partial charge in [-0.05, 0) is 24.3 Å². The molecule has 0 saturated heterocycles. The molecule has 0 aliphatic rings. The third-order valence-corrected chi connectivity index (χ3v) is 2.09. The molecule has 0 fully saturated rings. The Morgan fingerprint density at radius 1 is 1.00 bits per heavy atom. The molecule has 0 aliphatic carbocycles. The maximum atomic E-state index is 13.5. The third-order valence-electron chi connectivity index (χ3n) is 2.09. The number of halogens is 1. The van der Waals surface area contributed by atoms with Gasteiger partial charge < -0.3 is 9.47 Å². The van der Waals surface area contributed by atoms with Gasteiger partial charge in [-0.2, -0.15) is 0 Å². The molecule has 0 aliphatic heterocycles. The second-order valence-electron chi connectivity index (χ2n) is 3.29. The average molecular weight is 230 g/mol. The first-order chi connectivity index (χ1) is 8.29. The van der Waals surface area contributed by atoms with Crippen LogP contribution in [0, 0.1) is 5.82 Å². The quantitative estimate of drug-likeness (QED) is 0.735. The number of hydrogen-bond acceptors (Lipinski definition) is 2. The number of benzene rings is 2. The first-order valence-electron chi connectivity index (χ1n) is 5.09. The van der Waals surface area contributed by atoms with Crippen molar-refractivity contribution in [2.75, 3.05) is 0 Å². The van der Waals surface area contributed by atoms with Crippen molar-refractivity contribution in [2.45, 2.75) is 0 Å². The fourth-order valence-corrected chi connectivity index (χ4v) is 1.35. The SMILES string of the molecule is C=COc1ccc(F)c(Oc2ccccc2)c1. The summed E-state index contributed by atoms with van der Waals surface area (Å²) in [6, 6.07) is 13.3. The van der Waals surface area contributed by atoms with E-state index in [4.69, 9.17) is 9.47 Å². The molecule has 0 amide bonds. The smallest absolute Gasteiger partial charge is 0.166 e. The molecule has 0 unspecified atom stereocenters. The average Bonchev–Trinajstić information content (AvgIpc) is 2.35. The maximum absolute atomic E-state index is 13.5. The van der Waals surface area contributed by atoms with E-state index in [-0.39, 0.29) is 5.75 Å². The van der Waals surface area contributed by atoms with Crippen molar-refractivity contribution in [2.24, 2.45) is 0 Å². The standard InChI is InChI=1S/C14H11FO2/c1-2-16-12-8-9-13(15)14(10-12)17-11-6-4-3-5-7-11/h2-10H,1H2. The van der Waals surface area contributed by atoms with Crippen molar-refractivity contribution >= 4 is 0 Å². The molecule has 3 heteroatoms. The van der Waals surface area contributed by atoms with Gasteiger partial charge in [-0.25, -0.2) is 4.39 Å². The van der Waals surface area contributed by atoms with Crippen LogP contribution in [-0.2, 0) is 0 Å². The van der Waals surface area contributed by atoms with E-state index in [2.05, 4.69) is 6.58 Å². The van der Waals surface area contributed by atoms with Crippen LogP contribution in [0.3, 0.4) is 0 Å². The van der Waals surface area contributed by atoms with Crippen molar-refractivity contribution in [1.82, 2.24) is 0 Å². The molecule has 0 spiro atoms. The van der Waals surface area contributed by atoms with Crippen LogP contribution in [0.25, 0.3) is 0 Å². The minimum Gasteiger partial charge on any atom is -0.465 e. The summed E-state index contributed by atoms with van der Waals surface area (Å²) in [6.45, 7) is 3.44. The van der Waals surface area contributed by atoms with E-state index >= 15 is 0 Å². The van der Waals surface area contributed by atoms with Crippen LogP contribution in [-0.4, -0.2) is 0 Å². The van der Waals surface area contributed by atoms with Crippen molar-refractivity contribution in [3.63, 3.8) is 0 Å². The Labute approximate surface area is 98.9 Å². The summed E-state index contributed by atoms with van der Waals surface area (Å²) in [6.07, 6.45) is 1.28. The predicted octanol–water partition coefficient (Wildman–Crippen LogP) is 4.14. The van der Waals surface area contributed by atoms with Crippen molar-refractivity contribution in [1.29, 1.82) is 0 Å². The highest BCUT2D eigenvalue weighted by atomic mass is 19.1. The zero-order chi connectivity index (χ0) is 12.1. The molecule has 0 heterocycles. The summed E-state index contributed by atoms with van der Waals surface area (Å²) in [5.74, 6) is 0.732. The molecule has 0 aromatic heterocycles. The fraction of sp³-hybridized carbons (Fsp3) is 0. The molecule has 0 saturated carbocycles. The minimum absolute atomic E-state index is 0.121. The molecule has 2 aromatic carbocycles. The molecule has 2 aromatic rings. The van der Waals surface area contributed by atoms with Gasteiger partial charge in [0.25, 0.3) is 0 Å². The summed E-state index contributed by atoms with van der Waals surface area (Å²) in [7, 11) is 0. The first-order valence-corrected chi connectivity index (χ1v) is 5.09. The maximum Gasteiger partial charge on any atom is 0.166 e. The highest BCUT2D eigenvalue weighted by Crippen LogP contribution is 2.28. The monoisotopic (exact) mass is 230 g/mol. The van der Waals surface area contributed by atoms with Gasteiger partial charge >= 0.3 is 0 Å². The van der Waals surface area contributed by atoms with Crippen LogP contribution >= 0.6 is 0 Å². The molecule has 86 valence electrons. The molecular weight excluding hydrogens is 219 g/mol. The highest BCUT2D eigenvalue weighted by Gasteiger charge is 2.06. The van der Waals surface area contributed by atoms with E-state index in [0.29, 0.717) is 11.5 Å². The Kier molecular flexibility index (Phi) is 3.40. The largest absolute Gasteiger partial charge is 0.465 e. The summed E-state index contributed by atoms with van der Waals surface area (Å²) >= 11 is 0. The van der Waals surface area contributed by atoms with E-state index < -0.39 is 5.82 Å². The number of hydrogen-bond donors (Lipinski definition) is 0. The van der Waals surface area contributed by atoms with E-state index in [1.807, 2.05) is 18.2 Å². The Bertz CT molecular complexity index is 509. The van der Waals surface area contributed by atoms with Crippen LogP contribution < -0.4 is 9.47 Å². The Morgan fingerprint density at radius 3 is 2.47 bits per heavy atom. The van der Waals surface area contributed by atoms with Crippen LogP contribution in [0.4, 0.5) is 4.39 Å². The van der Waals surface area contributed by atoms with Crippen LogP contribution in [0.5, 0.6) is 17.2 Å². The van der Waals surface area contributed by atoms with Gasteiger partial charge in [-0.1, -0.05) is 24.8 Å². The van der Waals surface area contributed by atoms with E-state index in [1.54, 1.807) is 12.1 Å². The summed E-state index contributed by atoms with van der Waals surface area (Å²) < 4.78 is 24.0. The molecule has 2 nitrogen and oxygen atoms in total. The second-order valence-corrected chi connectivity index (χ2v) is 3.29. The van der Waals surface area contributed by atoms with Gasteiger partial charge in [0.15, 0.2) is 11.6 Å². The van der Waals surface area contributed by atoms with Crippen LogP contribution in [0.15, 0.2) is 61.4 Å². The lowest BCUT2D eigenvalue weighted by molar-refractivity contribution is 0.430. The van der Waals surface area contributed by atoms with Crippen molar-refractivity contribution < 1.29 is 13.9 Å². The van der Waals surface area contributed by atoms with E-state index in [9.17, 15) is 4.39 Å². The molecule has 0 N–H and O–H groups in total. The Hall–Kier alpha value is -2.29. The van der Waals surface area contributed by atoms with Gasteiger partial charge in [0, 0.05) is 6.07 Å². The lowest BCUT2D eigenvalue weighted by Gasteiger charge is -2.08. The van der Waals surface area contributed by atoms with Gasteiger partial charge in [0.2, 0.25) is 0 Å². The van der Waals surface area contributed by atoms with Gasteiger partial charge in [-0.3, -0.25) is 0 Å².